The quantitative estimate of drug-likeness (QED) is 0.263. The van der Waals surface area contributed by atoms with E-state index in [9.17, 15) is 10.1 Å². The molecular weight excluding hydrogens is 372 g/mol. The highest BCUT2D eigenvalue weighted by molar-refractivity contribution is 7.80. The number of nitrogens with one attached hydrogen (secondary N) is 1. The SMILES string of the molecule is C=NC(=C)c1cc(C)cc([N+](=O)[O-])c1NCCN(CCS)c1cccc(C)c1. The van der Waals surface area contributed by atoms with Crippen molar-refractivity contribution in [2.75, 3.05) is 35.6 Å². The zero-order valence-electron chi connectivity index (χ0n) is 16.3. The van der Waals surface area contributed by atoms with Gasteiger partial charge in [0.25, 0.3) is 5.69 Å². The molecule has 2 aromatic rings. The smallest absolute Gasteiger partial charge is 0.293 e. The number of nitro groups is 1. The second-order valence-electron chi connectivity index (χ2n) is 6.54. The molecule has 28 heavy (non-hydrogen) atoms. The first-order valence-corrected chi connectivity index (χ1v) is 9.62. The number of thiol groups is 1. The van der Waals surface area contributed by atoms with Gasteiger partial charge in [0.15, 0.2) is 0 Å². The van der Waals surface area contributed by atoms with Gasteiger partial charge in [-0.05, 0) is 49.9 Å². The average molecular weight is 399 g/mol. The van der Waals surface area contributed by atoms with Crippen molar-refractivity contribution in [3.8, 4) is 0 Å². The first-order chi connectivity index (χ1) is 13.4. The van der Waals surface area contributed by atoms with Crippen molar-refractivity contribution in [1.82, 2.24) is 0 Å². The Bertz CT molecular complexity index is 883. The number of nitrogens with zero attached hydrogens (tertiary/aromatic N) is 3. The van der Waals surface area contributed by atoms with Crippen LogP contribution in [0.4, 0.5) is 17.1 Å². The fourth-order valence-corrected chi connectivity index (χ4v) is 3.28. The third kappa shape index (κ3) is 5.36. The van der Waals surface area contributed by atoms with Crippen molar-refractivity contribution in [3.05, 3.63) is 69.8 Å². The maximum atomic E-state index is 11.6. The summed E-state index contributed by atoms with van der Waals surface area (Å²) < 4.78 is 0. The predicted octanol–water partition coefficient (Wildman–Crippen LogP) is 4.73. The Hall–Kier alpha value is -2.80. The number of aryl methyl sites for hydroxylation is 2. The minimum atomic E-state index is -0.388. The van der Waals surface area contributed by atoms with E-state index < -0.39 is 0 Å². The van der Waals surface area contributed by atoms with Gasteiger partial charge in [0.05, 0.1) is 10.6 Å². The summed E-state index contributed by atoms with van der Waals surface area (Å²) in [4.78, 5) is 17.2. The molecule has 0 heterocycles. The van der Waals surface area contributed by atoms with Crippen LogP contribution in [0.25, 0.3) is 5.70 Å². The highest BCUT2D eigenvalue weighted by atomic mass is 32.1. The van der Waals surface area contributed by atoms with E-state index in [1.54, 1.807) is 6.07 Å². The van der Waals surface area contributed by atoms with Crippen LogP contribution in [0.5, 0.6) is 0 Å². The molecule has 0 spiro atoms. The zero-order valence-corrected chi connectivity index (χ0v) is 17.2. The van der Waals surface area contributed by atoms with Gasteiger partial charge in [-0.25, -0.2) is 0 Å². The van der Waals surface area contributed by atoms with Crippen LogP contribution < -0.4 is 10.2 Å². The van der Waals surface area contributed by atoms with Crippen molar-refractivity contribution in [2.24, 2.45) is 4.99 Å². The Morgan fingerprint density at radius 1 is 1.25 bits per heavy atom. The van der Waals surface area contributed by atoms with Crippen LogP contribution in [0.15, 0.2) is 48.0 Å². The molecule has 0 aliphatic rings. The first-order valence-electron chi connectivity index (χ1n) is 8.98. The normalized spacial score (nSPS) is 10.4. The maximum absolute atomic E-state index is 11.6. The van der Waals surface area contributed by atoms with Crippen LogP contribution in [0.3, 0.4) is 0 Å². The number of aliphatic imine (C=N–C) groups is 1. The Morgan fingerprint density at radius 2 is 2.00 bits per heavy atom. The molecule has 0 radical (unpaired) electrons. The molecular formula is C21H26N4O2S. The van der Waals surface area contributed by atoms with E-state index in [1.807, 2.05) is 19.1 Å². The summed E-state index contributed by atoms with van der Waals surface area (Å²) in [5, 5.41) is 14.8. The molecule has 7 heteroatoms. The average Bonchev–Trinajstić information content (AvgIpc) is 2.67. The van der Waals surface area contributed by atoms with Crippen LogP contribution in [0, 0.1) is 24.0 Å². The Balaban J connectivity index is 2.25. The summed E-state index contributed by atoms with van der Waals surface area (Å²) in [7, 11) is 0. The fraction of sp³-hybridized carbons (Fsp3) is 0.286. The summed E-state index contributed by atoms with van der Waals surface area (Å²) in [5.41, 5.74) is 4.48. The Kier molecular flexibility index (Phi) is 7.63. The molecule has 0 aromatic heterocycles. The van der Waals surface area contributed by atoms with Crippen molar-refractivity contribution >= 4 is 42.1 Å². The lowest BCUT2D eigenvalue weighted by molar-refractivity contribution is -0.384. The molecule has 0 atom stereocenters. The molecule has 0 amide bonds. The van der Waals surface area contributed by atoms with E-state index in [2.05, 4.69) is 66.3 Å². The van der Waals surface area contributed by atoms with Gasteiger partial charge in [-0.15, -0.1) is 0 Å². The van der Waals surface area contributed by atoms with Gasteiger partial charge in [0.1, 0.15) is 5.69 Å². The summed E-state index contributed by atoms with van der Waals surface area (Å²) in [5.74, 6) is 0.709. The Morgan fingerprint density at radius 3 is 2.61 bits per heavy atom. The third-order valence-corrected chi connectivity index (χ3v) is 4.58. The molecule has 0 unspecified atom stereocenters. The summed E-state index contributed by atoms with van der Waals surface area (Å²) >= 11 is 4.36. The monoisotopic (exact) mass is 398 g/mol. The van der Waals surface area contributed by atoms with Gasteiger partial charge < -0.3 is 10.2 Å². The topological polar surface area (TPSA) is 70.8 Å². The first kappa shape index (κ1) is 21.5. The second-order valence-corrected chi connectivity index (χ2v) is 6.99. The van der Waals surface area contributed by atoms with Crippen molar-refractivity contribution in [3.63, 3.8) is 0 Å². The van der Waals surface area contributed by atoms with Gasteiger partial charge >= 0.3 is 0 Å². The largest absolute Gasteiger partial charge is 0.377 e. The summed E-state index contributed by atoms with van der Waals surface area (Å²) in [6.07, 6.45) is 0. The number of hydrogen-bond acceptors (Lipinski definition) is 6. The molecule has 0 saturated heterocycles. The van der Waals surface area contributed by atoms with Gasteiger partial charge in [-0.3, -0.25) is 15.1 Å². The minimum absolute atomic E-state index is 0.0103. The van der Waals surface area contributed by atoms with Gasteiger partial charge in [0.2, 0.25) is 0 Å². The van der Waals surface area contributed by atoms with E-state index in [0.29, 0.717) is 35.8 Å². The van der Waals surface area contributed by atoms with E-state index in [-0.39, 0.29) is 10.6 Å². The fourth-order valence-electron chi connectivity index (χ4n) is 3.04. The second kappa shape index (κ2) is 9.94. The van der Waals surface area contributed by atoms with E-state index >= 15 is 0 Å². The summed E-state index contributed by atoms with van der Waals surface area (Å²) in [6, 6.07) is 11.6. The third-order valence-electron chi connectivity index (χ3n) is 4.38. The highest BCUT2D eigenvalue weighted by Crippen LogP contribution is 2.34. The van der Waals surface area contributed by atoms with Gasteiger partial charge in [-0.2, -0.15) is 12.6 Å². The van der Waals surface area contributed by atoms with Crippen molar-refractivity contribution in [2.45, 2.75) is 13.8 Å². The van der Waals surface area contributed by atoms with Crippen LogP contribution in [0.2, 0.25) is 0 Å². The molecule has 0 aliphatic carbocycles. The molecule has 0 aliphatic heterocycles. The van der Waals surface area contributed by atoms with Crippen molar-refractivity contribution < 1.29 is 4.92 Å². The van der Waals surface area contributed by atoms with E-state index in [0.717, 1.165) is 17.8 Å². The number of hydrogen-bond donors (Lipinski definition) is 2. The number of nitro benzene ring substituents is 1. The van der Waals surface area contributed by atoms with Crippen LogP contribution >= 0.6 is 12.6 Å². The number of rotatable bonds is 10. The lowest BCUT2D eigenvalue weighted by Crippen LogP contribution is -2.31. The molecule has 2 aromatic carbocycles. The highest BCUT2D eigenvalue weighted by Gasteiger charge is 2.20. The van der Waals surface area contributed by atoms with Crippen LogP contribution in [0.1, 0.15) is 16.7 Å². The van der Waals surface area contributed by atoms with Gasteiger partial charge in [0, 0.05) is 42.7 Å². The molecule has 0 bridgehead atoms. The van der Waals surface area contributed by atoms with E-state index in [4.69, 9.17) is 0 Å². The molecule has 148 valence electrons. The number of benzene rings is 2. The van der Waals surface area contributed by atoms with Crippen molar-refractivity contribution in [1.29, 1.82) is 0 Å². The molecule has 0 saturated carbocycles. The molecule has 6 nitrogen and oxygen atoms in total. The van der Waals surface area contributed by atoms with E-state index in [1.165, 1.54) is 5.56 Å². The Labute approximate surface area is 171 Å². The minimum Gasteiger partial charge on any atom is -0.377 e. The molecule has 2 rings (SSSR count). The van der Waals surface area contributed by atoms with Gasteiger partial charge in [-0.1, -0.05) is 18.7 Å². The maximum Gasteiger partial charge on any atom is 0.293 e. The summed E-state index contributed by atoms with van der Waals surface area (Å²) in [6.45, 7) is 13.2. The predicted molar refractivity (Wildman–Crippen MR) is 122 cm³/mol. The number of anilines is 2. The van der Waals surface area contributed by atoms with Crippen LogP contribution in [-0.2, 0) is 0 Å². The molecule has 1 N–H and O–H groups in total. The lowest BCUT2D eigenvalue weighted by atomic mass is 10.0. The molecule has 0 fully saturated rings. The standard InChI is InChI=1S/C21H26N4O2S/c1-15-6-5-7-18(12-15)24(10-11-28)9-8-23-21-19(17(3)22-4)13-16(2)14-20(21)25(26)27/h5-7,12-14,23,28H,3-4,8-11H2,1-2H3. The van der Waals surface area contributed by atoms with Crippen LogP contribution in [-0.4, -0.2) is 37.0 Å². The zero-order chi connectivity index (χ0) is 20.7. The lowest BCUT2D eigenvalue weighted by Gasteiger charge is -2.25.